The lowest BCUT2D eigenvalue weighted by molar-refractivity contribution is -0.119. The van der Waals surface area contributed by atoms with E-state index in [0.717, 1.165) is 0 Å². The average Bonchev–Trinajstić information content (AvgIpc) is 2.84. The van der Waals surface area contributed by atoms with E-state index in [2.05, 4.69) is 19.9 Å². The molecule has 4 aromatic heterocycles. The zero-order chi connectivity index (χ0) is 25.4. The molecule has 0 spiro atoms. The number of carbonyl (C=O) groups is 2. The predicted octanol–water partition coefficient (Wildman–Crippen LogP) is 0.344. The van der Waals surface area contributed by atoms with E-state index >= 15 is 0 Å². The third kappa shape index (κ3) is 4.50. The van der Waals surface area contributed by atoms with Crippen LogP contribution in [-0.4, -0.2) is 65.7 Å². The molecule has 5 rings (SSSR count). The number of Topliss-reactive ketones (excluding diaryl/α,β-unsaturated/α-hetero) is 1. The molecule has 12 nitrogen and oxygen atoms in total. The van der Waals surface area contributed by atoms with Crippen LogP contribution in [0.1, 0.15) is 31.6 Å². The molecule has 184 valence electrons. The smallest absolute Gasteiger partial charge is 0.329 e. The lowest BCUT2D eigenvalue weighted by Crippen LogP contribution is -2.42. The third-order valence-electron chi connectivity index (χ3n) is 6.32. The zero-order valence-electron chi connectivity index (χ0n) is 19.6. The predicted molar refractivity (Wildman–Crippen MR) is 131 cm³/mol. The van der Waals surface area contributed by atoms with E-state index in [-0.39, 0.29) is 30.2 Å². The van der Waals surface area contributed by atoms with E-state index in [9.17, 15) is 19.2 Å². The molecule has 0 unspecified atom stereocenters. The van der Waals surface area contributed by atoms with Crippen molar-refractivity contribution in [1.29, 1.82) is 0 Å². The maximum absolute atomic E-state index is 13.1. The maximum atomic E-state index is 13.1. The third-order valence-corrected chi connectivity index (χ3v) is 6.32. The second-order valence-electron chi connectivity index (χ2n) is 8.95. The summed E-state index contributed by atoms with van der Waals surface area (Å²) in [6.45, 7) is 2.82. The van der Waals surface area contributed by atoms with E-state index in [0.29, 0.717) is 59.6 Å². The van der Waals surface area contributed by atoms with E-state index in [1.165, 1.54) is 13.1 Å². The van der Waals surface area contributed by atoms with Crippen LogP contribution in [0.25, 0.3) is 33.2 Å². The molecule has 0 radical (unpaired) electrons. The molecule has 1 aliphatic rings. The summed E-state index contributed by atoms with van der Waals surface area (Å²) in [6, 6.07) is 3.33. The summed E-state index contributed by atoms with van der Waals surface area (Å²) in [4.78, 5) is 70.4. The Labute approximate surface area is 204 Å². The lowest BCUT2D eigenvalue weighted by atomic mass is 10.0. The number of piperidine rings is 1. The fourth-order valence-corrected chi connectivity index (χ4v) is 4.66. The first-order valence-electron chi connectivity index (χ1n) is 11.6. The number of primary amides is 1. The van der Waals surface area contributed by atoms with Gasteiger partial charge in [0.25, 0.3) is 5.56 Å². The summed E-state index contributed by atoms with van der Waals surface area (Å²) in [6.07, 6.45) is 5.98. The van der Waals surface area contributed by atoms with Gasteiger partial charge in [0.1, 0.15) is 17.1 Å². The number of nitrogens with two attached hydrogens (primary N) is 1. The van der Waals surface area contributed by atoms with E-state index in [1.807, 2.05) is 4.90 Å². The van der Waals surface area contributed by atoms with Crippen LogP contribution in [-0.2, 0) is 16.0 Å². The normalized spacial score (nSPS) is 14.9. The van der Waals surface area contributed by atoms with Gasteiger partial charge in [-0.15, -0.1) is 0 Å². The zero-order valence-corrected chi connectivity index (χ0v) is 19.6. The summed E-state index contributed by atoms with van der Waals surface area (Å²) in [5.74, 6) is -0.0119. The highest BCUT2D eigenvalue weighted by Gasteiger charge is 2.25. The Kier molecular flexibility index (Phi) is 6.10. The molecule has 0 aromatic carbocycles. The number of hydrogen-bond donors (Lipinski definition) is 2. The van der Waals surface area contributed by atoms with E-state index in [1.54, 1.807) is 29.1 Å². The topological polar surface area (TPSA) is 170 Å². The van der Waals surface area contributed by atoms with Crippen LogP contribution in [0.4, 0.5) is 0 Å². The summed E-state index contributed by atoms with van der Waals surface area (Å²) in [5, 5.41) is 0.263. The van der Waals surface area contributed by atoms with Gasteiger partial charge in [-0.05, 0) is 31.9 Å². The van der Waals surface area contributed by atoms with Crippen molar-refractivity contribution in [3.05, 3.63) is 57.4 Å². The molecule has 0 aliphatic carbocycles. The van der Waals surface area contributed by atoms with Crippen LogP contribution in [0, 0.1) is 0 Å². The van der Waals surface area contributed by atoms with Gasteiger partial charge in [-0.3, -0.25) is 33.8 Å². The van der Waals surface area contributed by atoms with Crippen LogP contribution in [0.3, 0.4) is 0 Å². The number of carbonyl (C=O) groups excluding carboxylic acids is 2. The molecule has 5 heterocycles. The number of nitrogens with one attached hydrogen (secondary N) is 1. The lowest BCUT2D eigenvalue weighted by Gasteiger charge is -2.32. The molecule has 0 atom stereocenters. The van der Waals surface area contributed by atoms with Crippen molar-refractivity contribution in [3.8, 4) is 11.3 Å². The van der Waals surface area contributed by atoms with Crippen LogP contribution in [0.2, 0.25) is 0 Å². The van der Waals surface area contributed by atoms with Gasteiger partial charge in [0.15, 0.2) is 0 Å². The van der Waals surface area contributed by atoms with Gasteiger partial charge >= 0.3 is 5.69 Å². The molecule has 1 aliphatic heterocycles. The molecule has 1 fully saturated rings. The minimum Gasteiger partial charge on any atom is -0.369 e. The highest BCUT2D eigenvalue weighted by atomic mass is 16.2. The SMILES string of the molecule is CC(=O)Cc1ncc(-c2ccc3ncc4c(=O)[nH]c(=O)n(C5CCN(CC(N)=O)CC5)c4c3n2)cn1. The average molecular weight is 489 g/mol. The fourth-order valence-electron chi connectivity index (χ4n) is 4.66. The number of hydrogen-bond acceptors (Lipinski definition) is 9. The number of aromatic amines is 1. The highest BCUT2D eigenvalue weighted by molar-refractivity contribution is 6.01. The molecule has 1 saturated heterocycles. The first-order valence-corrected chi connectivity index (χ1v) is 11.6. The Balaban J connectivity index is 1.62. The molecule has 1 amide bonds. The van der Waals surface area contributed by atoms with Gasteiger partial charge in [0, 0.05) is 43.3 Å². The molecule has 0 bridgehead atoms. The summed E-state index contributed by atoms with van der Waals surface area (Å²) in [7, 11) is 0. The number of H-pyrrole nitrogens is 1. The number of ketones is 1. The first kappa shape index (κ1) is 23.4. The summed E-state index contributed by atoms with van der Waals surface area (Å²) >= 11 is 0. The molecule has 12 heteroatoms. The largest absolute Gasteiger partial charge is 0.369 e. The Morgan fingerprint density at radius 3 is 2.47 bits per heavy atom. The highest BCUT2D eigenvalue weighted by Crippen LogP contribution is 2.28. The summed E-state index contributed by atoms with van der Waals surface area (Å²) in [5.41, 5.74) is 6.81. The van der Waals surface area contributed by atoms with E-state index in [4.69, 9.17) is 10.7 Å². The van der Waals surface area contributed by atoms with Crippen molar-refractivity contribution in [1.82, 2.24) is 34.4 Å². The first-order chi connectivity index (χ1) is 17.3. The van der Waals surface area contributed by atoms with Crippen LogP contribution in [0.5, 0.6) is 0 Å². The Bertz CT molecular complexity index is 1600. The van der Waals surface area contributed by atoms with Gasteiger partial charge in [0.2, 0.25) is 5.91 Å². The number of aromatic nitrogens is 6. The van der Waals surface area contributed by atoms with E-state index < -0.39 is 17.2 Å². The summed E-state index contributed by atoms with van der Waals surface area (Å²) < 4.78 is 1.59. The molecule has 36 heavy (non-hydrogen) atoms. The Morgan fingerprint density at radius 2 is 1.81 bits per heavy atom. The van der Waals surface area contributed by atoms with Crippen molar-refractivity contribution < 1.29 is 9.59 Å². The maximum Gasteiger partial charge on any atom is 0.329 e. The number of pyridine rings is 2. The number of fused-ring (bicyclic) bond motifs is 3. The standard InChI is InChI=1S/C24H24N8O4/c1-13(33)8-20-27-9-14(10-28-20)17-2-3-18-21(29-17)22-16(11-26-18)23(35)30-24(36)32(22)15-4-6-31(7-5-15)12-19(25)34/h2-3,9-11,15H,4-8,12H2,1H3,(H2,25,34)(H,30,35,36). The van der Waals surface area contributed by atoms with Gasteiger partial charge in [0.05, 0.1) is 35.1 Å². The Morgan fingerprint density at radius 1 is 1.08 bits per heavy atom. The molecule has 0 saturated carbocycles. The van der Waals surface area contributed by atoms with Crippen LogP contribution >= 0.6 is 0 Å². The quantitative estimate of drug-likeness (QED) is 0.363. The molecule has 4 aromatic rings. The van der Waals surface area contributed by atoms with Crippen LogP contribution < -0.4 is 17.0 Å². The molecule has 3 N–H and O–H groups in total. The van der Waals surface area contributed by atoms with Gasteiger partial charge in [-0.1, -0.05) is 0 Å². The molecular weight excluding hydrogens is 464 g/mol. The number of nitrogens with zero attached hydrogens (tertiary/aromatic N) is 6. The number of rotatable bonds is 6. The molecular formula is C24H24N8O4. The van der Waals surface area contributed by atoms with Crippen molar-refractivity contribution >= 4 is 33.6 Å². The Hall–Kier alpha value is -4.32. The minimum atomic E-state index is -0.532. The van der Waals surface area contributed by atoms with Crippen molar-refractivity contribution in [2.75, 3.05) is 19.6 Å². The fraction of sp³-hybridized carbons (Fsp3) is 0.333. The van der Waals surface area contributed by atoms with Crippen molar-refractivity contribution in [2.45, 2.75) is 32.2 Å². The number of amides is 1. The van der Waals surface area contributed by atoms with Crippen LogP contribution in [0.15, 0.2) is 40.3 Å². The number of likely N-dealkylation sites (tertiary alicyclic amines) is 1. The van der Waals surface area contributed by atoms with Gasteiger partial charge in [-0.2, -0.15) is 0 Å². The minimum absolute atomic E-state index is 0.0345. The second kappa shape index (κ2) is 9.38. The van der Waals surface area contributed by atoms with Gasteiger partial charge < -0.3 is 5.73 Å². The van der Waals surface area contributed by atoms with Crippen molar-refractivity contribution in [3.63, 3.8) is 0 Å². The second-order valence-corrected chi connectivity index (χ2v) is 8.95. The van der Waals surface area contributed by atoms with Crippen molar-refractivity contribution in [2.24, 2.45) is 5.73 Å². The van der Waals surface area contributed by atoms with Gasteiger partial charge in [-0.25, -0.2) is 19.7 Å². The monoisotopic (exact) mass is 488 g/mol.